The van der Waals surface area contributed by atoms with E-state index in [0.29, 0.717) is 5.56 Å². The molecule has 0 aliphatic rings. The summed E-state index contributed by atoms with van der Waals surface area (Å²) in [7, 11) is 1.90. The third-order valence-corrected chi connectivity index (χ3v) is 3.77. The molecule has 5 heteroatoms. The maximum Gasteiger partial charge on any atom is 0.146 e. The van der Waals surface area contributed by atoms with E-state index in [-0.39, 0.29) is 16.9 Å². The van der Waals surface area contributed by atoms with Gasteiger partial charge in [0.25, 0.3) is 0 Å². The van der Waals surface area contributed by atoms with Crippen LogP contribution in [0.2, 0.25) is 5.02 Å². The summed E-state index contributed by atoms with van der Waals surface area (Å²) < 4.78 is 16.0. The molecule has 0 saturated heterocycles. The molecule has 0 saturated carbocycles. The van der Waals surface area contributed by atoms with E-state index in [1.54, 1.807) is 22.9 Å². The summed E-state index contributed by atoms with van der Waals surface area (Å²) in [5.74, 6) is -0.320. The minimum absolute atomic E-state index is 0.0381. The number of nitrogens with one attached hydrogen (secondary N) is 1. The Balaban J connectivity index is 2.11. The second kappa shape index (κ2) is 7.57. The smallest absolute Gasteiger partial charge is 0.146 e. The third-order valence-electron chi connectivity index (χ3n) is 3.48. The number of benzene rings is 1. The fourth-order valence-corrected chi connectivity index (χ4v) is 2.57. The SMILES string of the molecule is CCCNC(CCc1cnn(C)c1)c1cccc(Cl)c1F. The van der Waals surface area contributed by atoms with Crippen LogP contribution in [0.15, 0.2) is 30.6 Å². The van der Waals surface area contributed by atoms with Gasteiger partial charge in [0.1, 0.15) is 5.82 Å². The first-order chi connectivity index (χ1) is 10.1. The van der Waals surface area contributed by atoms with Gasteiger partial charge in [0.05, 0.1) is 11.2 Å². The van der Waals surface area contributed by atoms with E-state index in [1.807, 2.05) is 19.4 Å². The van der Waals surface area contributed by atoms with Crippen LogP contribution < -0.4 is 5.32 Å². The molecule has 2 aromatic rings. The third kappa shape index (κ3) is 4.29. The highest BCUT2D eigenvalue weighted by Gasteiger charge is 2.17. The molecule has 1 atom stereocenters. The maximum absolute atomic E-state index is 14.2. The van der Waals surface area contributed by atoms with Crippen LogP contribution in [0.4, 0.5) is 4.39 Å². The van der Waals surface area contributed by atoms with Crippen molar-refractivity contribution in [2.75, 3.05) is 6.54 Å². The predicted molar refractivity (Wildman–Crippen MR) is 84.0 cm³/mol. The Morgan fingerprint density at radius 3 is 2.90 bits per heavy atom. The fraction of sp³-hybridized carbons (Fsp3) is 0.438. The minimum atomic E-state index is -0.320. The average Bonchev–Trinajstić information content (AvgIpc) is 2.88. The lowest BCUT2D eigenvalue weighted by Gasteiger charge is -2.19. The lowest BCUT2D eigenvalue weighted by molar-refractivity contribution is 0.474. The highest BCUT2D eigenvalue weighted by Crippen LogP contribution is 2.26. The van der Waals surface area contributed by atoms with Crippen LogP contribution in [-0.4, -0.2) is 16.3 Å². The number of hydrogen-bond donors (Lipinski definition) is 1. The maximum atomic E-state index is 14.2. The Bertz CT molecular complexity index is 583. The van der Waals surface area contributed by atoms with Gasteiger partial charge in [-0.2, -0.15) is 5.10 Å². The van der Waals surface area contributed by atoms with Crippen LogP contribution in [-0.2, 0) is 13.5 Å². The van der Waals surface area contributed by atoms with E-state index in [0.717, 1.165) is 31.4 Å². The number of aryl methyl sites for hydroxylation is 2. The van der Waals surface area contributed by atoms with Crippen molar-refractivity contribution in [2.45, 2.75) is 32.2 Å². The summed E-state index contributed by atoms with van der Waals surface area (Å²) in [6.45, 7) is 2.95. The molecule has 1 N–H and O–H groups in total. The van der Waals surface area contributed by atoms with Crippen LogP contribution in [0.3, 0.4) is 0 Å². The lowest BCUT2D eigenvalue weighted by atomic mass is 9.99. The van der Waals surface area contributed by atoms with Crippen molar-refractivity contribution < 1.29 is 4.39 Å². The highest BCUT2D eigenvalue weighted by molar-refractivity contribution is 6.30. The van der Waals surface area contributed by atoms with Crippen molar-refractivity contribution >= 4 is 11.6 Å². The van der Waals surface area contributed by atoms with Crippen LogP contribution in [0, 0.1) is 5.82 Å². The van der Waals surface area contributed by atoms with Gasteiger partial charge in [-0.3, -0.25) is 4.68 Å². The molecule has 2 rings (SSSR count). The van der Waals surface area contributed by atoms with E-state index in [1.165, 1.54) is 0 Å². The van der Waals surface area contributed by atoms with Gasteiger partial charge in [-0.25, -0.2) is 4.39 Å². The first-order valence-corrected chi connectivity index (χ1v) is 7.64. The molecule has 1 unspecified atom stereocenters. The summed E-state index contributed by atoms with van der Waals surface area (Å²) in [5, 5.41) is 7.75. The molecular weight excluding hydrogens is 289 g/mol. The van der Waals surface area contributed by atoms with Gasteiger partial charge in [0, 0.05) is 24.8 Å². The molecule has 0 amide bonds. The molecule has 114 valence electrons. The molecule has 1 aromatic carbocycles. The van der Waals surface area contributed by atoms with Gasteiger partial charge >= 0.3 is 0 Å². The van der Waals surface area contributed by atoms with Crippen molar-refractivity contribution in [2.24, 2.45) is 7.05 Å². The van der Waals surface area contributed by atoms with Crippen LogP contribution in [0.1, 0.15) is 36.9 Å². The first-order valence-electron chi connectivity index (χ1n) is 7.26. The Labute approximate surface area is 130 Å². The van der Waals surface area contributed by atoms with Gasteiger partial charge in [0.2, 0.25) is 0 Å². The van der Waals surface area contributed by atoms with Gasteiger partial charge in [0.15, 0.2) is 0 Å². The van der Waals surface area contributed by atoms with Crippen LogP contribution in [0.5, 0.6) is 0 Å². The summed E-state index contributed by atoms with van der Waals surface area (Å²) in [5.41, 5.74) is 1.79. The van der Waals surface area contributed by atoms with Crippen LogP contribution in [0.25, 0.3) is 0 Å². The normalized spacial score (nSPS) is 12.6. The average molecular weight is 310 g/mol. The van der Waals surface area contributed by atoms with E-state index >= 15 is 0 Å². The monoisotopic (exact) mass is 309 g/mol. The van der Waals surface area contributed by atoms with Crippen molar-refractivity contribution in [1.29, 1.82) is 0 Å². The van der Waals surface area contributed by atoms with Crippen molar-refractivity contribution in [3.05, 3.63) is 52.6 Å². The van der Waals surface area contributed by atoms with Gasteiger partial charge in [-0.15, -0.1) is 0 Å². The predicted octanol–water partition coefficient (Wildman–Crippen LogP) is 3.89. The van der Waals surface area contributed by atoms with E-state index in [4.69, 9.17) is 11.6 Å². The Morgan fingerprint density at radius 2 is 2.24 bits per heavy atom. The van der Waals surface area contributed by atoms with Gasteiger partial charge in [-0.1, -0.05) is 30.7 Å². The molecule has 0 fully saturated rings. The molecule has 1 aromatic heterocycles. The molecule has 0 spiro atoms. The number of aromatic nitrogens is 2. The van der Waals surface area contributed by atoms with E-state index < -0.39 is 0 Å². The molecule has 21 heavy (non-hydrogen) atoms. The Hall–Kier alpha value is -1.39. The zero-order valence-electron chi connectivity index (χ0n) is 12.4. The zero-order valence-corrected chi connectivity index (χ0v) is 13.2. The Morgan fingerprint density at radius 1 is 1.43 bits per heavy atom. The van der Waals surface area contributed by atoms with Crippen molar-refractivity contribution in [3.63, 3.8) is 0 Å². The molecule has 0 radical (unpaired) electrons. The summed E-state index contributed by atoms with van der Waals surface area (Å²) in [6, 6.07) is 5.14. The first kappa shape index (κ1) is 16.0. The number of hydrogen-bond acceptors (Lipinski definition) is 2. The number of nitrogens with zero attached hydrogens (tertiary/aromatic N) is 2. The number of rotatable bonds is 7. The Kier molecular flexibility index (Phi) is 5.76. The summed E-state index contributed by atoms with van der Waals surface area (Å²) >= 11 is 5.90. The summed E-state index contributed by atoms with van der Waals surface area (Å²) in [6.07, 6.45) is 6.51. The second-order valence-electron chi connectivity index (χ2n) is 5.21. The summed E-state index contributed by atoms with van der Waals surface area (Å²) in [4.78, 5) is 0. The molecule has 0 aliphatic carbocycles. The minimum Gasteiger partial charge on any atom is -0.310 e. The lowest BCUT2D eigenvalue weighted by Crippen LogP contribution is -2.23. The van der Waals surface area contributed by atoms with Gasteiger partial charge < -0.3 is 5.32 Å². The number of halogens is 2. The van der Waals surface area contributed by atoms with Gasteiger partial charge in [-0.05, 0) is 37.4 Å². The second-order valence-corrected chi connectivity index (χ2v) is 5.62. The quantitative estimate of drug-likeness (QED) is 0.841. The van der Waals surface area contributed by atoms with E-state index in [2.05, 4.69) is 17.3 Å². The molecule has 1 heterocycles. The molecule has 0 bridgehead atoms. The standard InChI is InChI=1S/C16H21ClFN3/c1-3-9-19-15(8-7-12-10-20-21(2)11-12)13-5-4-6-14(17)16(13)18/h4-6,10-11,15,19H,3,7-9H2,1-2H3. The topological polar surface area (TPSA) is 29.9 Å². The van der Waals surface area contributed by atoms with Crippen LogP contribution >= 0.6 is 11.6 Å². The molecular formula is C16H21ClFN3. The molecule has 0 aliphatic heterocycles. The largest absolute Gasteiger partial charge is 0.310 e. The molecule has 3 nitrogen and oxygen atoms in total. The van der Waals surface area contributed by atoms with Crippen molar-refractivity contribution in [1.82, 2.24) is 15.1 Å². The highest BCUT2D eigenvalue weighted by atomic mass is 35.5. The van der Waals surface area contributed by atoms with Crippen molar-refractivity contribution in [3.8, 4) is 0 Å². The van der Waals surface area contributed by atoms with E-state index in [9.17, 15) is 4.39 Å². The fourth-order valence-electron chi connectivity index (χ4n) is 2.39. The zero-order chi connectivity index (χ0) is 15.2.